The zero-order valence-corrected chi connectivity index (χ0v) is 11.2. The molecular weight excluding hydrogens is 250 g/mol. The van der Waals surface area contributed by atoms with Crippen molar-refractivity contribution in [1.29, 1.82) is 0 Å². The van der Waals surface area contributed by atoms with Gasteiger partial charge in [0.05, 0.1) is 12.1 Å². The summed E-state index contributed by atoms with van der Waals surface area (Å²) >= 11 is 0. The number of aromatic nitrogens is 1. The standard InChI is InChI=1S/C17H15NO2/c1-18-15-10-6-5-9-13(15)14(11-16(19)20)17(18)12-7-3-2-4-8-12/h2-10H,11H2,1H3,(H,19,20). The van der Waals surface area contributed by atoms with Crippen molar-refractivity contribution in [2.75, 3.05) is 0 Å². The minimum absolute atomic E-state index is 0.0333. The average Bonchev–Trinajstić information content (AvgIpc) is 2.73. The Hall–Kier alpha value is -2.55. The van der Waals surface area contributed by atoms with Crippen LogP contribution in [0.3, 0.4) is 0 Å². The highest BCUT2D eigenvalue weighted by atomic mass is 16.4. The van der Waals surface area contributed by atoms with Gasteiger partial charge >= 0.3 is 5.97 Å². The second-order valence-electron chi connectivity index (χ2n) is 4.84. The van der Waals surface area contributed by atoms with Crippen molar-refractivity contribution in [3.05, 3.63) is 60.2 Å². The highest BCUT2D eigenvalue weighted by Gasteiger charge is 2.18. The lowest BCUT2D eigenvalue weighted by molar-refractivity contribution is -0.136. The summed E-state index contributed by atoms with van der Waals surface area (Å²) in [5.74, 6) is -0.807. The third-order valence-electron chi connectivity index (χ3n) is 3.59. The Morgan fingerprint density at radius 3 is 2.40 bits per heavy atom. The number of rotatable bonds is 3. The molecule has 3 heteroatoms. The summed E-state index contributed by atoms with van der Waals surface area (Å²) < 4.78 is 2.07. The van der Waals surface area contributed by atoms with Gasteiger partial charge in [0.1, 0.15) is 0 Å². The van der Waals surface area contributed by atoms with Crippen LogP contribution in [-0.2, 0) is 18.3 Å². The van der Waals surface area contributed by atoms with Gasteiger partial charge in [-0.15, -0.1) is 0 Å². The molecule has 0 fully saturated rings. The van der Waals surface area contributed by atoms with Gasteiger partial charge in [-0.1, -0.05) is 48.5 Å². The molecule has 20 heavy (non-hydrogen) atoms. The zero-order chi connectivity index (χ0) is 14.1. The van der Waals surface area contributed by atoms with Crippen molar-refractivity contribution in [2.45, 2.75) is 6.42 Å². The van der Waals surface area contributed by atoms with Crippen LogP contribution in [0, 0.1) is 0 Å². The van der Waals surface area contributed by atoms with Crippen molar-refractivity contribution in [3.8, 4) is 11.3 Å². The van der Waals surface area contributed by atoms with Crippen molar-refractivity contribution in [3.63, 3.8) is 0 Å². The minimum atomic E-state index is -0.807. The highest BCUT2D eigenvalue weighted by molar-refractivity contribution is 5.94. The molecule has 100 valence electrons. The number of carboxylic acid groups (broad SMARTS) is 1. The van der Waals surface area contributed by atoms with Gasteiger partial charge in [-0.25, -0.2) is 0 Å². The molecule has 1 aromatic heterocycles. The lowest BCUT2D eigenvalue weighted by Gasteiger charge is -2.07. The van der Waals surface area contributed by atoms with Gasteiger partial charge in [0, 0.05) is 18.0 Å². The van der Waals surface area contributed by atoms with Gasteiger partial charge in [-0.2, -0.15) is 0 Å². The van der Waals surface area contributed by atoms with E-state index in [0.29, 0.717) is 0 Å². The Bertz CT molecular complexity index is 772. The van der Waals surface area contributed by atoms with Crippen molar-refractivity contribution >= 4 is 16.9 Å². The number of aryl methyl sites for hydroxylation is 1. The van der Waals surface area contributed by atoms with Crippen LogP contribution < -0.4 is 0 Å². The Morgan fingerprint density at radius 1 is 1.05 bits per heavy atom. The van der Waals surface area contributed by atoms with E-state index >= 15 is 0 Å². The van der Waals surface area contributed by atoms with Gasteiger partial charge in [0.2, 0.25) is 0 Å². The molecule has 0 spiro atoms. The summed E-state index contributed by atoms with van der Waals surface area (Å²) in [4.78, 5) is 11.2. The van der Waals surface area contributed by atoms with Crippen LogP contribution in [0.15, 0.2) is 54.6 Å². The number of nitrogens with zero attached hydrogens (tertiary/aromatic N) is 1. The van der Waals surface area contributed by atoms with E-state index in [-0.39, 0.29) is 6.42 Å². The quantitative estimate of drug-likeness (QED) is 0.788. The minimum Gasteiger partial charge on any atom is -0.481 e. The summed E-state index contributed by atoms with van der Waals surface area (Å²) in [5, 5.41) is 10.2. The second-order valence-corrected chi connectivity index (χ2v) is 4.84. The number of hydrogen-bond acceptors (Lipinski definition) is 1. The van der Waals surface area contributed by atoms with Crippen molar-refractivity contribution in [2.24, 2.45) is 7.05 Å². The molecule has 0 bridgehead atoms. The molecule has 0 saturated carbocycles. The fourth-order valence-corrected chi connectivity index (χ4v) is 2.77. The van der Waals surface area contributed by atoms with Crippen LogP contribution in [0.1, 0.15) is 5.56 Å². The van der Waals surface area contributed by atoms with E-state index in [1.165, 1.54) is 0 Å². The number of hydrogen-bond donors (Lipinski definition) is 1. The lowest BCUT2D eigenvalue weighted by Crippen LogP contribution is -2.02. The van der Waals surface area contributed by atoms with Crippen LogP contribution in [0.25, 0.3) is 22.2 Å². The second kappa shape index (κ2) is 4.85. The Balaban J connectivity index is 2.34. The first-order chi connectivity index (χ1) is 9.68. The Labute approximate surface area is 117 Å². The fraction of sp³-hybridized carbons (Fsp3) is 0.118. The summed E-state index contributed by atoms with van der Waals surface area (Å²) in [7, 11) is 1.98. The number of para-hydroxylation sites is 1. The van der Waals surface area contributed by atoms with Crippen LogP contribution >= 0.6 is 0 Å². The van der Waals surface area contributed by atoms with Crippen molar-refractivity contribution < 1.29 is 9.90 Å². The lowest BCUT2D eigenvalue weighted by atomic mass is 10.0. The smallest absolute Gasteiger partial charge is 0.307 e. The number of carboxylic acids is 1. The SMILES string of the molecule is Cn1c(-c2ccccc2)c(CC(=O)O)c2ccccc21. The topological polar surface area (TPSA) is 42.2 Å². The van der Waals surface area contributed by atoms with Crippen LogP contribution in [0.2, 0.25) is 0 Å². The van der Waals surface area contributed by atoms with Gasteiger partial charge < -0.3 is 9.67 Å². The predicted octanol–water partition coefficient (Wildman–Crippen LogP) is 3.47. The first kappa shape index (κ1) is 12.5. The monoisotopic (exact) mass is 265 g/mol. The molecule has 0 unspecified atom stereocenters. The van der Waals surface area contributed by atoms with Gasteiger partial charge in [0.25, 0.3) is 0 Å². The molecule has 0 aliphatic carbocycles. The molecule has 3 nitrogen and oxygen atoms in total. The van der Waals surface area contributed by atoms with Crippen LogP contribution in [-0.4, -0.2) is 15.6 Å². The molecule has 3 aromatic rings. The first-order valence-corrected chi connectivity index (χ1v) is 6.52. The van der Waals surface area contributed by atoms with Gasteiger partial charge in [0.15, 0.2) is 0 Å². The van der Waals surface area contributed by atoms with E-state index in [0.717, 1.165) is 27.7 Å². The maximum atomic E-state index is 11.2. The molecule has 2 aromatic carbocycles. The van der Waals surface area contributed by atoms with E-state index in [1.807, 2.05) is 61.6 Å². The summed E-state index contributed by atoms with van der Waals surface area (Å²) in [6.45, 7) is 0. The van der Waals surface area contributed by atoms with E-state index in [4.69, 9.17) is 0 Å². The van der Waals surface area contributed by atoms with E-state index < -0.39 is 5.97 Å². The molecule has 0 aliphatic rings. The molecular formula is C17H15NO2. The van der Waals surface area contributed by atoms with Crippen molar-refractivity contribution in [1.82, 2.24) is 4.57 Å². The summed E-state index contributed by atoms with van der Waals surface area (Å²) in [5.41, 5.74) is 3.96. The zero-order valence-electron chi connectivity index (χ0n) is 11.2. The first-order valence-electron chi connectivity index (χ1n) is 6.52. The summed E-state index contributed by atoms with van der Waals surface area (Å²) in [6.07, 6.45) is 0.0333. The molecule has 1 heterocycles. The molecule has 0 atom stereocenters. The Morgan fingerprint density at radius 2 is 1.70 bits per heavy atom. The van der Waals surface area contributed by atoms with Crippen LogP contribution in [0.5, 0.6) is 0 Å². The molecule has 1 N–H and O–H groups in total. The third-order valence-corrected chi connectivity index (χ3v) is 3.59. The summed E-state index contributed by atoms with van der Waals surface area (Å²) in [6, 6.07) is 17.9. The third kappa shape index (κ3) is 1.97. The van der Waals surface area contributed by atoms with E-state index in [1.54, 1.807) is 0 Å². The van der Waals surface area contributed by atoms with Gasteiger partial charge in [-0.05, 0) is 17.2 Å². The van der Waals surface area contributed by atoms with E-state index in [2.05, 4.69) is 4.57 Å². The number of aliphatic carboxylic acids is 1. The highest BCUT2D eigenvalue weighted by Crippen LogP contribution is 2.33. The Kier molecular flexibility index (Phi) is 3.03. The fourth-order valence-electron chi connectivity index (χ4n) is 2.77. The number of fused-ring (bicyclic) bond motifs is 1. The molecule has 0 amide bonds. The molecule has 0 aliphatic heterocycles. The van der Waals surface area contributed by atoms with E-state index in [9.17, 15) is 9.90 Å². The normalized spacial score (nSPS) is 10.8. The van der Waals surface area contributed by atoms with Gasteiger partial charge in [-0.3, -0.25) is 4.79 Å². The number of carbonyl (C=O) groups is 1. The van der Waals surface area contributed by atoms with Crippen LogP contribution in [0.4, 0.5) is 0 Å². The molecule has 0 radical (unpaired) electrons. The molecule has 0 saturated heterocycles. The maximum absolute atomic E-state index is 11.2. The molecule has 3 rings (SSSR count). The predicted molar refractivity (Wildman–Crippen MR) is 79.7 cm³/mol. The largest absolute Gasteiger partial charge is 0.481 e. The average molecular weight is 265 g/mol. The maximum Gasteiger partial charge on any atom is 0.307 e. The number of benzene rings is 2.